The largest absolute Gasteiger partial charge is 0.392 e. The first-order chi connectivity index (χ1) is 9.95. The van der Waals surface area contributed by atoms with Crippen LogP contribution in [0.1, 0.15) is 51.4 Å². The smallest absolute Gasteiger partial charge is 0.235 e. The standard InChI is InChI=1S/C15H25N3O2S/c16-12(19)10-11-4-8-18(9-5-11)14(20)15(13(17)21)6-2-1-3-7-15/h11H,1-10H2,(H2,16,19)(H2,17,21). The molecule has 0 spiro atoms. The Hall–Kier alpha value is -1.17. The molecular formula is C15H25N3O2S. The molecule has 6 heteroatoms. The average molecular weight is 311 g/mol. The zero-order valence-electron chi connectivity index (χ0n) is 12.5. The van der Waals surface area contributed by atoms with Crippen molar-refractivity contribution in [3.63, 3.8) is 0 Å². The molecule has 5 nitrogen and oxygen atoms in total. The zero-order valence-corrected chi connectivity index (χ0v) is 13.3. The molecule has 0 atom stereocenters. The van der Waals surface area contributed by atoms with Crippen molar-refractivity contribution in [2.75, 3.05) is 13.1 Å². The van der Waals surface area contributed by atoms with Crippen LogP contribution in [0.15, 0.2) is 0 Å². The number of nitrogens with zero attached hydrogens (tertiary/aromatic N) is 1. The summed E-state index contributed by atoms with van der Waals surface area (Å²) >= 11 is 5.22. The molecule has 21 heavy (non-hydrogen) atoms. The van der Waals surface area contributed by atoms with E-state index in [1.807, 2.05) is 4.90 Å². The second-order valence-electron chi connectivity index (χ2n) is 6.41. The van der Waals surface area contributed by atoms with Gasteiger partial charge in [-0.25, -0.2) is 0 Å². The summed E-state index contributed by atoms with van der Waals surface area (Å²) in [6.45, 7) is 1.36. The van der Waals surface area contributed by atoms with Gasteiger partial charge in [-0.2, -0.15) is 0 Å². The predicted octanol–water partition coefficient (Wildman–Crippen LogP) is 1.34. The fraction of sp³-hybridized carbons (Fsp3) is 0.800. The molecule has 1 heterocycles. The van der Waals surface area contributed by atoms with Crippen LogP contribution >= 0.6 is 12.2 Å². The second kappa shape index (κ2) is 6.73. The van der Waals surface area contributed by atoms with Gasteiger partial charge in [-0.05, 0) is 31.6 Å². The fourth-order valence-electron chi connectivity index (χ4n) is 3.65. The van der Waals surface area contributed by atoms with E-state index in [4.69, 9.17) is 23.7 Å². The van der Waals surface area contributed by atoms with E-state index in [2.05, 4.69) is 0 Å². The van der Waals surface area contributed by atoms with E-state index in [-0.39, 0.29) is 11.8 Å². The molecule has 1 saturated heterocycles. The molecule has 118 valence electrons. The summed E-state index contributed by atoms with van der Waals surface area (Å²) in [6.07, 6.45) is 6.83. The van der Waals surface area contributed by atoms with E-state index in [1.165, 1.54) is 0 Å². The van der Waals surface area contributed by atoms with Crippen LogP contribution in [0.25, 0.3) is 0 Å². The van der Waals surface area contributed by atoms with Gasteiger partial charge >= 0.3 is 0 Å². The molecule has 0 radical (unpaired) electrons. The van der Waals surface area contributed by atoms with Crippen LogP contribution in [-0.2, 0) is 9.59 Å². The monoisotopic (exact) mass is 311 g/mol. The van der Waals surface area contributed by atoms with Gasteiger partial charge in [0.2, 0.25) is 11.8 Å². The summed E-state index contributed by atoms with van der Waals surface area (Å²) in [5, 5.41) is 0. The number of thiocarbonyl (C=S) groups is 1. The highest BCUT2D eigenvalue weighted by atomic mass is 32.1. The van der Waals surface area contributed by atoms with E-state index in [1.54, 1.807) is 0 Å². The van der Waals surface area contributed by atoms with Gasteiger partial charge in [0.25, 0.3) is 0 Å². The van der Waals surface area contributed by atoms with Gasteiger partial charge in [-0.1, -0.05) is 31.5 Å². The Kier molecular flexibility index (Phi) is 5.19. The topological polar surface area (TPSA) is 89.4 Å². The maximum absolute atomic E-state index is 12.9. The van der Waals surface area contributed by atoms with Crippen molar-refractivity contribution in [2.24, 2.45) is 22.8 Å². The number of nitrogens with two attached hydrogens (primary N) is 2. The van der Waals surface area contributed by atoms with Crippen molar-refractivity contribution < 1.29 is 9.59 Å². The van der Waals surface area contributed by atoms with Crippen LogP contribution < -0.4 is 11.5 Å². The Morgan fingerprint density at radius 1 is 1.10 bits per heavy atom. The Balaban J connectivity index is 1.99. The van der Waals surface area contributed by atoms with E-state index in [9.17, 15) is 9.59 Å². The quantitative estimate of drug-likeness (QED) is 0.767. The minimum atomic E-state index is -0.621. The molecular weight excluding hydrogens is 286 g/mol. The van der Waals surface area contributed by atoms with Gasteiger partial charge in [0.15, 0.2) is 0 Å². The number of hydrogen-bond acceptors (Lipinski definition) is 3. The lowest BCUT2D eigenvalue weighted by Crippen LogP contribution is -2.53. The Labute approximate surface area is 131 Å². The van der Waals surface area contributed by atoms with Crippen molar-refractivity contribution in [3.8, 4) is 0 Å². The highest BCUT2D eigenvalue weighted by Gasteiger charge is 2.45. The van der Waals surface area contributed by atoms with Gasteiger partial charge in [-0.3, -0.25) is 9.59 Å². The molecule has 1 aliphatic heterocycles. The first-order valence-corrected chi connectivity index (χ1v) is 8.24. The average Bonchev–Trinajstić information content (AvgIpc) is 2.47. The molecule has 0 bridgehead atoms. The fourth-order valence-corrected chi connectivity index (χ4v) is 3.94. The first-order valence-electron chi connectivity index (χ1n) is 7.83. The zero-order chi connectivity index (χ0) is 15.5. The summed E-state index contributed by atoms with van der Waals surface area (Å²) in [5.41, 5.74) is 10.5. The van der Waals surface area contributed by atoms with Crippen LogP contribution in [0, 0.1) is 11.3 Å². The van der Waals surface area contributed by atoms with Crippen LogP contribution in [0.5, 0.6) is 0 Å². The van der Waals surface area contributed by atoms with Gasteiger partial charge in [0.05, 0.1) is 10.4 Å². The highest BCUT2D eigenvalue weighted by molar-refractivity contribution is 7.80. The molecule has 2 aliphatic rings. The van der Waals surface area contributed by atoms with E-state index in [0.29, 0.717) is 30.4 Å². The summed E-state index contributed by atoms with van der Waals surface area (Å²) in [5.74, 6) is 0.151. The molecule has 0 aromatic heterocycles. The second-order valence-corrected chi connectivity index (χ2v) is 6.85. The minimum Gasteiger partial charge on any atom is -0.392 e. The van der Waals surface area contributed by atoms with Gasteiger partial charge in [-0.15, -0.1) is 0 Å². The van der Waals surface area contributed by atoms with Gasteiger partial charge < -0.3 is 16.4 Å². The van der Waals surface area contributed by atoms with E-state index < -0.39 is 5.41 Å². The summed E-state index contributed by atoms with van der Waals surface area (Å²) in [6, 6.07) is 0. The Morgan fingerprint density at radius 3 is 2.14 bits per heavy atom. The van der Waals surface area contributed by atoms with Crippen molar-refractivity contribution in [1.82, 2.24) is 4.90 Å². The predicted molar refractivity (Wildman–Crippen MR) is 85.4 cm³/mol. The lowest BCUT2D eigenvalue weighted by molar-refractivity contribution is -0.141. The van der Waals surface area contributed by atoms with Crippen LogP contribution in [0.4, 0.5) is 0 Å². The summed E-state index contributed by atoms with van der Waals surface area (Å²) < 4.78 is 0. The third-order valence-corrected chi connectivity index (χ3v) is 5.37. The highest BCUT2D eigenvalue weighted by Crippen LogP contribution is 2.39. The third kappa shape index (κ3) is 3.54. The lowest BCUT2D eigenvalue weighted by Gasteiger charge is -2.41. The van der Waals surface area contributed by atoms with Crippen LogP contribution in [0.3, 0.4) is 0 Å². The number of primary amides is 1. The normalized spacial score (nSPS) is 22.8. The molecule has 1 saturated carbocycles. The molecule has 0 aromatic carbocycles. The van der Waals surface area contributed by atoms with Crippen molar-refractivity contribution in [3.05, 3.63) is 0 Å². The number of piperidine rings is 1. The number of hydrogen-bond donors (Lipinski definition) is 2. The molecule has 0 unspecified atom stereocenters. The van der Waals surface area contributed by atoms with Crippen molar-refractivity contribution in [2.45, 2.75) is 51.4 Å². The van der Waals surface area contributed by atoms with E-state index >= 15 is 0 Å². The third-order valence-electron chi connectivity index (χ3n) is 4.98. The number of likely N-dealkylation sites (tertiary alicyclic amines) is 1. The first kappa shape index (κ1) is 16.2. The molecule has 0 aromatic rings. The molecule has 2 rings (SSSR count). The Bertz CT molecular complexity index is 425. The van der Waals surface area contributed by atoms with Gasteiger partial charge in [0.1, 0.15) is 0 Å². The SMILES string of the molecule is NC(=O)CC1CCN(C(=O)C2(C(N)=S)CCCCC2)CC1. The van der Waals surface area contributed by atoms with Crippen LogP contribution in [-0.4, -0.2) is 34.8 Å². The maximum atomic E-state index is 12.9. The summed E-state index contributed by atoms with van der Waals surface area (Å²) in [4.78, 5) is 26.1. The molecule has 4 N–H and O–H groups in total. The number of carbonyl (C=O) groups excluding carboxylic acids is 2. The number of rotatable bonds is 4. The minimum absolute atomic E-state index is 0.104. The van der Waals surface area contributed by atoms with Gasteiger partial charge in [0, 0.05) is 19.5 Å². The molecule has 1 aliphatic carbocycles. The number of amides is 2. The summed E-state index contributed by atoms with van der Waals surface area (Å²) in [7, 11) is 0. The maximum Gasteiger partial charge on any atom is 0.235 e. The van der Waals surface area contributed by atoms with Crippen LogP contribution in [0.2, 0.25) is 0 Å². The van der Waals surface area contributed by atoms with E-state index in [0.717, 1.165) is 44.9 Å². The Morgan fingerprint density at radius 2 is 1.67 bits per heavy atom. The van der Waals surface area contributed by atoms with Crippen molar-refractivity contribution in [1.29, 1.82) is 0 Å². The van der Waals surface area contributed by atoms with Crippen molar-refractivity contribution >= 4 is 29.0 Å². The lowest BCUT2D eigenvalue weighted by atomic mass is 9.72. The molecule has 2 amide bonds. The number of carbonyl (C=O) groups is 2. The molecule has 2 fully saturated rings.